The Bertz CT molecular complexity index is 647. The molecule has 0 saturated heterocycles. The van der Waals surface area contributed by atoms with Crippen LogP contribution in [0.2, 0.25) is 0 Å². The van der Waals surface area contributed by atoms with Crippen molar-refractivity contribution >= 4 is 0 Å². The molecule has 1 aromatic carbocycles. The van der Waals surface area contributed by atoms with Gasteiger partial charge in [0.25, 0.3) is 0 Å². The summed E-state index contributed by atoms with van der Waals surface area (Å²) in [6.07, 6.45) is 23.7. The Balaban J connectivity index is 1.59. The lowest BCUT2D eigenvalue weighted by Gasteiger charge is -2.43. The first-order chi connectivity index (χ1) is 13.6. The minimum absolute atomic E-state index is 0.247. The smallest absolute Gasteiger partial charge is 0.126 e. The second-order valence-electron chi connectivity index (χ2n) is 8.96. The van der Waals surface area contributed by atoms with Crippen LogP contribution in [0.4, 0.5) is 8.78 Å². The molecule has 0 bridgehead atoms. The lowest BCUT2D eigenvalue weighted by Crippen LogP contribution is -2.36. The van der Waals surface area contributed by atoms with Crippen molar-refractivity contribution in [2.75, 3.05) is 0 Å². The molecule has 0 spiro atoms. The van der Waals surface area contributed by atoms with E-state index < -0.39 is 11.6 Å². The third kappa shape index (κ3) is 5.33. The van der Waals surface area contributed by atoms with Gasteiger partial charge in [-0.05, 0) is 48.8 Å². The van der Waals surface area contributed by atoms with Gasteiger partial charge in [-0.2, -0.15) is 0 Å². The van der Waals surface area contributed by atoms with E-state index in [1.54, 1.807) is 12.1 Å². The van der Waals surface area contributed by atoms with E-state index >= 15 is 0 Å². The number of hydrogen-bond donors (Lipinski definition) is 0. The van der Waals surface area contributed by atoms with Crippen LogP contribution in [0.1, 0.15) is 89.5 Å². The summed E-state index contributed by atoms with van der Waals surface area (Å²) in [6, 6.07) is 4.08. The molecule has 1 fully saturated rings. The van der Waals surface area contributed by atoms with Gasteiger partial charge in [0.2, 0.25) is 0 Å². The fourth-order valence-electron chi connectivity index (χ4n) is 5.39. The van der Waals surface area contributed by atoms with Crippen LogP contribution < -0.4 is 0 Å². The summed E-state index contributed by atoms with van der Waals surface area (Å²) in [5.74, 6) is 0.380. The molecule has 28 heavy (non-hydrogen) atoms. The number of unbranched alkanes of at least 4 members (excludes halogenated alkanes) is 5. The molecule has 0 aliphatic heterocycles. The highest BCUT2D eigenvalue weighted by Gasteiger charge is 2.40. The second-order valence-corrected chi connectivity index (χ2v) is 8.96. The van der Waals surface area contributed by atoms with Crippen LogP contribution in [-0.2, 0) is 5.41 Å². The van der Waals surface area contributed by atoms with Crippen LogP contribution in [0.5, 0.6) is 0 Å². The molecule has 1 atom stereocenters. The summed E-state index contributed by atoms with van der Waals surface area (Å²) >= 11 is 0. The molecule has 1 unspecified atom stereocenters. The molecule has 2 heteroatoms. The first-order valence-electron chi connectivity index (χ1n) is 11.4. The van der Waals surface area contributed by atoms with E-state index in [1.807, 2.05) is 0 Å². The Kier molecular flexibility index (Phi) is 7.88. The molecule has 0 amide bonds. The van der Waals surface area contributed by atoms with Crippen molar-refractivity contribution in [2.24, 2.45) is 11.8 Å². The van der Waals surface area contributed by atoms with Crippen LogP contribution in [0.15, 0.2) is 42.5 Å². The SMILES string of the molecule is CCCCCCCC[C@H]1CC[C@H](C2(c3cc(F)cc(F)c3)C=CC=CC2)CC1. The predicted octanol–water partition coefficient (Wildman–Crippen LogP) is 8.28. The van der Waals surface area contributed by atoms with E-state index in [4.69, 9.17) is 0 Å². The molecule has 0 nitrogen and oxygen atoms in total. The van der Waals surface area contributed by atoms with E-state index in [9.17, 15) is 8.78 Å². The summed E-state index contributed by atoms with van der Waals surface area (Å²) in [4.78, 5) is 0. The number of rotatable bonds is 9. The maximum absolute atomic E-state index is 14.0. The minimum Gasteiger partial charge on any atom is -0.207 e. The van der Waals surface area contributed by atoms with Gasteiger partial charge in [0.05, 0.1) is 0 Å². The van der Waals surface area contributed by atoms with Crippen molar-refractivity contribution in [2.45, 2.75) is 89.4 Å². The molecule has 2 aliphatic carbocycles. The maximum atomic E-state index is 14.0. The molecule has 0 aromatic heterocycles. The standard InChI is InChI=1S/C26H36F2/c1-2-3-4-5-6-8-11-21-12-14-22(15-13-21)26(16-9-7-10-17-26)23-18-24(27)20-25(28)19-23/h7,9-10,16,18-22H,2-6,8,11-15,17H2,1H3/t21-,22-,26?. The average molecular weight is 387 g/mol. The van der Waals surface area contributed by atoms with Crippen LogP contribution in [0, 0.1) is 23.5 Å². The number of hydrogen-bond acceptors (Lipinski definition) is 0. The molecule has 1 saturated carbocycles. The summed E-state index contributed by atoms with van der Waals surface area (Å²) in [5, 5.41) is 0. The van der Waals surface area contributed by atoms with E-state index in [0.717, 1.165) is 36.8 Å². The van der Waals surface area contributed by atoms with Gasteiger partial charge in [0.15, 0.2) is 0 Å². The molecular weight excluding hydrogens is 350 g/mol. The molecular formula is C26H36F2. The summed E-state index contributed by atoms with van der Waals surface area (Å²) in [7, 11) is 0. The van der Waals surface area contributed by atoms with E-state index in [0.29, 0.717) is 5.92 Å². The molecule has 0 N–H and O–H groups in total. The third-order valence-electron chi connectivity index (χ3n) is 7.04. The molecule has 0 heterocycles. The Hall–Kier alpha value is -1.44. The first kappa shape index (κ1) is 21.3. The zero-order chi connectivity index (χ0) is 19.8. The Morgan fingerprint density at radius 3 is 2.18 bits per heavy atom. The van der Waals surface area contributed by atoms with E-state index in [2.05, 4.69) is 31.2 Å². The van der Waals surface area contributed by atoms with Gasteiger partial charge in [0.1, 0.15) is 11.6 Å². The van der Waals surface area contributed by atoms with Gasteiger partial charge in [-0.25, -0.2) is 8.78 Å². The maximum Gasteiger partial charge on any atom is 0.126 e. The van der Waals surface area contributed by atoms with Gasteiger partial charge in [-0.15, -0.1) is 0 Å². The Morgan fingerprint density at radius 2 is 1.54 bits per heavy atom. The number of allylic oxidation sites excluding steroid dienone is 4. The van der Waals surface area contributed by atoms with E-state index in [-0.39, 0.29) is 5.41 Å². The van der Waals surface area contributed by atoms with Crippen LogP contribution in [0.25, 0.3) is 0 Å². The Labute approximate surface area is 170 Å². The molecule has 154 valence electrons. The largest absolute Gasteiger partial charge is 0.207 e. The van der Waals surface area contributed by atoms with Gasteiger partial charge in [-0.1, -0.05) is 89.0 Å². The van der Waals surface area contributed by atoms with Gasteiger partial charge in [-0.3, -0.25) is 0 Å². The zero-order valence-corrected chi connectivity index (χ0v) is 17.4. The number of halogens is 2. The van der Waals surface area contributed by atoms with Crippen molar-refractivity contribution in [3.05, 3.63) is 59.7 Å². The highest BCUT2D eigenvalue weighted by molar-refractivity contribution is 5.37. The Morgan fingerprint density at radius 1 is 0.857 bits per heavy atom. The summed E-state index contributed by atoms with van der Waals surface area (Å²) in [5.41, 5.74) is 0.563. The summed E-state index contributed by atoms with van der Waals surface area (Å²) < 4.78 is 27.9. The topological polar surface area (TPSA) is 0 Å². The average Bonchev–Trinajstić information content (AvgIpc) is 2.71. The normalized spacial score (nSPS) is 27.2. The molecule has 3 rings (SSSR count). The lowest BCUT2D eigenvalue weighted by molar-refractivity contribution is 0.192. The predicted molar refractivity (Wildman–Crippen MR) is 114 cm³/mol. The van der Waals surface area contributed by atoms with Crippen LogP contribution >= 0.6 is 0 Å². The van der Waals surface area contributed by atoms with Gasteiger partial charge >= 0.3 is 0 Å². The fraction of sp³-hybridized carbons (Fsp3) is 0.615. The third-order valence-corrected chi connectivity index (χ3v) is 7.04. The van der Waals surface area contributed by atoms with Crippen molar-refractivity contribution in [1.29, 1.82) is 0 Å². The monoisotopic (exact) mass is 386 g/mol. The zero-order valence-electron chi connectivity index (χ0n) is 17.4. The first-order valence-corrected chi connectivity index (χ1v) is 11.4. The van der Waals surface area contributed by atoms with Crippen molar-refractivity contribution in [3.8, 4) is 0 Å². The lowest BCUT2D eigenvalue weighted by atomic mass is 9.61. The number of benzene rings is 1. The summed E-state index contributed by atoms with van der Waals surface area (Å²) in [6.45, 7) is 2.26. The van der Waals surface area contributed by atoms with Crippen LogP contribution in [0.3, 0.4) is 0 Å². The van der Waals surface area contributed by atoms with Gasteiger partial charge in [0, 0.05) is 11.5 Å². The minimum atomic E-state index is -0.464. The van der Waals surface area contributed by atoms with Crippen LogP contribution in [-0.4, -0.2) is 0 Å². The fourth-order valence-corrected chi connectivity index (χ4v) is 5.39. The highest BCUT2D eigenvalue weighted by atomic mass is 19.1. The van der Waals surface area contributed by atoms with Crippen molar-refractivity contribution in [1.82, 2.24) is 0 Å². The van der Waals surface area contributed by atoms with E-state index in [1.165, 1.54) is 57.8 Å². The molecule has 2 aliphatic rings. The van der Waals surface area contributed by atoms with Crippen molar-refractivity contribution < 1.29 is 8.78 Å². The quantitative estimate of drug-likeness (QED) is 0.375. The van der Waals surface area contributed by atoms with Crippen molar-refractivity contribution in [3.63, 3.8) is 0 Å². The highest BCUT2D eigenvalue weighted by Crippen LogP contribution is 2.48. The van der Waals surface area contributed by atoms with Gasteiger partial charge < -0.3 is 0 Å². The second kappa shape index (κ2) is 10.4. The molecule has 1 aromatic rings. The molecule has 0 radical (unpaired) electrons.